The average molecular weight is 482 g/mol. The minimum absolute atomic E-state index is 0.201. The monoisotopic (exact) mass is 481 g/mol. The number of ether oxygens (including phenoxy) is 1. The SMILES string of the molecule is Cc1ccc(CN(C(=O)c2c[nH]nn2)c2ccc(-c3ccc(OC4CCN(C)CC4)cc3)cc2)cc1. The lowest BCUT2D eigenvalue weighted by Crippen LogP contribution is -2.35. The van der Waals surface area contributed by atoms with E-state index in [9.17, 15) is 4.79 Å². The third-order valence-corrected chi connectivity index (χ3v) is 6.68. The molecule has 36 heavy (non-hydrogen) atoms. The van der Waals surface area contributed by atoms with Gasteiger partial charge in [-0.05, 0) is 67.8 Å². The van der Waals surface area contributed by atoms with Crippen LogP contribution in [0, 0.1) is 6.92 Å². The number of rotatable bonds is 7. The van der Waals surface area contributed by atoms with Crippen molar-refractivity contribution in [2.45, 2.75) is 32.4 Å². The molecule has 0 bridgehead atoms. The van der Waals surface area contributed by atoms with Crippen LogP contribution in [0.25, 0.3) is 11.1 Å². The number of amides is 1. The Labute approximate surface area is 211 Å². The van der Waals surface area contributed by atoms with Gasteiger partial charge >= 0.3 is 0 Å². The maximum absolute atomic E-state index is 13.2. The van der Waals surface area contributed by atoms with Crippen molar-refractivity contribution in [1.82, 2.24) is 20.3 Å². The quantitative estimate of drug-likeness (QED) is 0.398. The minimum atomic E-state index is -0.201. The molecule has 1 aliphatic heterocycles. The zero-order valence-electron chi connectivity index (χ0n) is 20.7. The summed E-state index contributed by atoms with van der Waals surface area (Å²) in [7, 11) is 2.16. The molecule has 1 fully saturated rings. The number of aromatic nitrogens is 3. The maximum atomic E-state index is 13.2. The van der Waals surface area contributed by atoms with Crippen LogP contribution in [0.5, 0.6) is 5.75 Å². The number of benzene rings is 3. The highest BCUT2D eigenvalue weighted by Gasteiger charge is 2.21. The van der Waals surface area contributed by atoms with Gasteiger partial charge in [0.2, 0.25) is 0 Å². The standard InChI is InChI=1S/C29H31N5O2/c1-21-3-5-22(6-4-21)20-34(29(35)28-19-30-32-31-28)25-11-7-23(8-12-25)24-9-13-26(14-10-24)36-27-15-17-33(2)18-16-27/h3-14,19,27H,15-18,20H2,1-2H3,(H,30,31,32). The summed E-state index contributed by atoms with van der Waals surface area (Å²) in [6, 6.07) is 24.5. The first-order valence-corrected chi connectivity index (χ1v) is 12.3. The number of aromatic amines is 1. The molecular formula is C29H31N5O2. The Balaban J connectivity index is 1.32. The number of hydrogen-bond acceptors (Lipinski definition) is 5. The molecule has 1 aliphatic rings. The molecule has 7 heteroatoms. The van der Waals surface area contributed by atoms with Crippen molar-refractivity contribution in [2.75, 3.05) is 25.0 Å². The third-order valence-electron chi connectivity index (χ3n) is 6.68. The van der Waals surface area contributed by atoms with Gasteiger partial charge in [0.15, 0.2) is 5.69 Å². The summed E-state index contributed by atoms with van der Waals surface area (Å²) in [5.41, 5.74) is 5.49. The van der Waals surface area contributed by atoms with Gasteiger partial charge in [-0.3, -0.25) is 9.89 Å². The van der Waals surface area contributed by atoms with E-state index in [4.69, 9.17) is 4.74 Å². The lowest BCUT2D eigenvalue weighted by Gasteiger charge is -2.29. The number of piperidine rings is 1. The summed E-state index contributed by atoms with van der Waals surface area (Å²) in [5.74, 6) is 0.708. The molecule has 1 amide bonds. The molecule has 0 unspecified atom stereocenters. The Kier molecular flexibility index (Phi) is 7.09. The average Bonchev–Trinajstić information content (AvgIpc) is 3.45. The van der Waals surface area contributed by atoms with Gasteiger partial charge in [-0.15, -0.1) is 5.10 Å². The predicted octanol–water partition coefficient (Wildman–Crippen LogP) is 5.10. The number of hydrogen-bond donors (Lipinski definition) is 1. The fraction of sp³-hybridized carbons (Fsp3) is 0.276. The summed E-state index contributed by atoms with van der Waals surface area (Å²) in [6.07, 6.45) is 3.93. The van der Waals surface area contributed by atoms with Crippen LogP contribution in [0.1, 0.15) is 34.5 Å². The molecule has 0 atom stereocenters. The summed E-state index contributed by atoms with van der Waals surface area (Å²) < 4.78 is 6.19. The first kappa shape index (κ1) is 23.8. The second-order valence-corrected chi connectivity index (χ2v) is 9.43. The number of anilines is 1. The molecule has 2 heterocycles. The topological polar surface area (TPSA) is 74.3 Å². The smallest absolute Gasteiger partial charge is 0.280 e. The number of carbonyl (C=O) groups excluding carboxylic acids is 1. The summed E-state index contributed by atoms with van der Waals surface area (Å²) in [6.45, 7) is 4.65. The van der Waals surface area contributed by atoms with E-state index >= 15 is 0 Å². The molecule has 3 aromatic carbocycles. The second-order valence-electron chi connectivity index (χ2n) is 9.43. The maximum Gasteiger partial charge on any atom is 0.280 e. The van der Waals surface area contributed by atoms with E-state index in [1.807, 2.05) is 55.5 Å². The van der Waals surface area contributed by atoms with Crippen LogP contribution in [0.15, 0.2) is 79.0 Å². The van der Waals surface area contributed by atoms with Crippen molar-refractivity contribution >= 4 is 11.6 Å². The van der Waals surface area contributed by atoms with Crippen LogP contribution >= 0.6 is 0 Å². The van der Waals surface area contributed by atoms with Gasteiger partial charge in [0.1, 0.15) is 11.9 Å². The molecule has 0 saturated carbocycles. The van der Waals surface area contributed by atoms with Crippen molar-refractivity contribution in [3.05, 3.63) is 95.8 Å². The largest absolute Gasteiger partial charge is 0.490 e. The normalized spacial score (nSPS) is 14.5. The highest BCUT2D eigenvalue weighted by molar-refractivity contribution is 6.04. The summed E-state index contributed by atoms with van der Waals surface area (Å²) in [5, 5.41) is 10.3. The van der Waals surface area contributed by atoms with Crippen LogP contribution in [-0.2, 0) is 6.54 Å². The van der Waals surface area contributed by atoms with E-state index in [1.54, 1.807) is 4.90 Å². The zero-order valence-corrected chi connectivity index (χ0v) is 20.7. The summed E-state index contributed by atoms with van der Waals surface area (Å²) in [4.78, 5) is 17.3. The van der Waals surface area contributed by atoms with E-state index in [1.165, 1.54) is 11.8 Å². The van der Waals surface area contributed by atoms with Crippen LogP contribution < -0.4 is 9.64 Å². The first-order valence-electron chi connectivity index (χ1n) is 12.3. The second kappa shape index (κ2) is 10.7. The van der Waals surface area contributed by atoms with Gasteiger partial charge < -0.3 is 14.5 Å². The Morgan fingerprint density at radius 3 is 2.22 bits per heavy atom. The van der Waals surface area contributed by atoms with Gasteiger partial charge in [-0.25, -0.2) is 0 Å². The van der Waals surface area contributed by atoms with Gasteiger partial charge in [0.25, 0.3) is 5.91 Å². The van der Waals surface area contributed by atoms with E-state index in [-0.39, 0.29) is 17.7 Å². The van der Waals surface area contributed by atoms with Crippen LogP contribution in [0.2, 0.25) is 0 Å². The Morgan fingerprint density at radius 2 is 1.61 bits per heavy atom. The summed E-state index contributed by atoms with van der Waals surface area (Å²) >= 11 is 0. The van der Waals surface area contributed by atoms with Crippen LogP contribution in [-0.4, -0.2) is 52.5 Å². The fourth-order valence-corrected chi connectivity index (χ4v) is 4.46. The highest BCUT2D eigenvalue weighted by atomic mass is 16.5. The molecule has 1 aromatic heterocycles. The van der Waals surface area contributed by atoms with E-state index in [0.29, 0.717) is 6.54 Å². The molecule has 0 radical (unpaired) electrons. The zero-order chi connectivity index (χ0) is 24.9. The number of aryl methyl sites for hydroxylation is 1. The molecular weight excluding hydrogens is 450 g/mol. The lowest BCUT2D eigenvalue weighted by atomic mass is 10.0. The Bertz CT molecular complexity index is 1260. The molecule has 4 aromatic rings. The van der Waals surface area contributed by atoms with Gasteiger partial charge in [0.05, 0.1) is 12.7 Å². The minimum Gasteiger partial charge on any atom is -0.490 e. The highest BCUT2D eigenvalue weighted by Crippen LogP contribution is 2.28. The van der Waals surface area contributed by atoms with Crippen molar-refractivity contribution in [2.24, 2.45) is 0 Å². The van der Waals surface area contributed by atoms with Gasteiger partial charge in [-0.1, -0.05) is 59.3 Å². The van der Waals surface area contributed by atoms with Crippen molar-refractivity contribution in [1.29, 1.82) is 0 Å². The predicted molar refractivity (Wildman–Crippen MR) is 141 cm³/mol. The Morgan fingerprint density at radius 1 is 0.972 bits per heavy atom. The lowest BCUT2D eigenvalue weighted by molar-refractivity contribution is 0.0980. The van der Waals surface area contributed by atoms with Gasteiger partial charge in [0, 0.05) is 18.8 Å². The number of likely N-dealkylation sites (tertiary alicyclic amines) is 1. The molecule has 1 N–H and O–H groups in total. The van der Waals surface area contributed by atoms with Gasteiger partial charge in [-0.2, -0.15) is 0 Å². The number of nitrogens with zero attached hydrogens (tertiary/aromatic N) is 4. The van der Waals surface area contributed by atoms with E-state index in [0.717, 1.165) is 54.1 Å². The van der Waals surface area contributed by atoms with Crippen LogP contribution in [0.4, 0.5) is 5.69 Å². The first-order chi connectivity index (χ1) is 17.5. The number of carbonyl (C=O) groups is 1. The number of nitrogens with one attached hydrogen (secondary N) is 1. The number of H-pyrrole nitrogens is 1. The molecule has 0 aliphatic carbocycles. The van der Waals surface area contributed by atoms with E-state index < -0.39 is 0 Å². The van der Waals surface area contributed by atoms with Crippen molar-refractivity contribution < 1.29 is 9.53 Å². The van der Waals surface area contributed by atoms with E-state index in [2.05, 4.69) is 51.6 Å². The molecule has 7 nitrogen and oxygen atoms in total. The van der Waals surface area contributed by atoms with Crippen LogP contribution in [0.3, 0.4) is 0 Å². The molecule has 5 rings (SSSR count). The Hall–Kier alpha value is -3.97. The fourth-order valence-electron chi connectivity index (χ4n) is 4.46. The third kappa shape index (κ3) is 5.63. The molecule has 1 saturated heterocycles. The van der Waals surface area contributed by atoms with Crippen molar-refractivity contribution in [3.63, 3.8) is 0 Å². The molecule has 0 spiro atoms. The van der Waals surface area contributed by atoms with Crippen molar-refractivity contribution in [3.8, 4) is 16.9 Å². The molecule has 184 valence electrons.